The molecule has 1 aromatic heterocycles. The van der Waals surface area contributed by atoms with Gasteiger partial charge in [-0.15, -0.1) is 6.58 Å². The number of benzene rings is 2. The monoisotopic (exact) mass is 422 g/mol. The number of rotatable bonds is 8. The van der Waals surface area contributed by atoms with Gasteiger partial charge in [0.2, 0.25) is 5.91 Å². The van der Waals surface area contributed by atoms with Crippen LogP contribution in [-0.2, 0) is 33.5 Å². The Morgan fingerprint density at radius 1 is 1.23 bits per heavy atom. The van der Waals surface area contributed by atoms with E-state index in [-0.39, 0.29) is 18.2 Å². The van der Waals surface area contributed by atoms with Crippen LogP contribution in [0.1, 0.15) is 17.0 Å². The molecule has 0 saturated carbocycles. The van der Waals surface area contributed by atoms with Gasteiger partial charge < -0.3 is 9.47 Å². The third-order valence-corrected chi connectivity index (χ3v) is 5.36. The van der Waals surface area contributed by atoms with E-state index in [4.69, 9.17) is 5.26 Å². The minimum absolute atomic E-state index is 0.0323. The Morgan fingerprint density at radius 2 is 1.93 bits per heavy atom. The molecule has 1 heterocycles. The minimum Gasteiger partial charge on any atom is -0.333 e. The summed E-state index contributed by atoms with van der Waals surface area (Å²) in [5.74, 6) is -0.0902. The molecule has 0 aliphatic heterocycles. The molecule has 154 valence electrons. The molecule has 0 aliphatic carbocycles. The molecule has 0 atom stereocenters. The average molecular weight is 423 g/mol. The van der Waals surface area contributed by atoms with E-state index in [1.165, 1.54) is 0 Å². The third kappa shape index (κ3) is 5.13. The fourth-order valence-corrected chi connectivity index (χ4v) is 3.89. The highest BCUT2D eigenvalue weighted by molar-refractivity contribution is 7.89. The molecule has 3 rings (SSSR count). The topological polar surface area (TPSA) is 96.1 Å². The summed E-state index contributed by atoms with van der Waals surface area (Å²) in [4.78, 5) is 19.2. The standard InChI is InChI=1S/C22H22N4O3S/c1-3-12-25(14-18-10-8-17(13-23)9-11-18)22(27)15-26-20-7-5-4-6-19(20)24-21(26)16-30(2,28)29/h3-11H,1,12,14-16H2,2H3. The van der Waals surface area contributed by atoms with Crippen molar-refractivity contribution in [3.05, 3.63) is 78.1 Å². The van der Waals surface area contributed by atoms with E-state index in [2.05, 4.69) is 17.6 Å². The van der Waals surface area contributed by atoms with Gasteiger partial charge in [-0.3, -0.25) is 4.79 Å². The van der Waals surface area contributed by atoms with Gasteiger partial charge in [0.15, 0.2) is 9.84 Å². The van der Waals surface area contributed by atoms with Crippen LogP contribution in [0.25, 0.3) is 11.0 Å². The van der Waals surface area contributed by atoms with Crippen LogP contribution in [0.15, 0.2) is 61.2 Å². The Balaban J connectivity index is 1.89. The van der Waals surface area contributed by atoms with Crippen molar-refractivity contribution in [1.82, 2.24) is 14.5 Å². The Labute approximate surface area is 175 Å². The van der Waals surface area contributed by atoms with E-state index in [1.54, 1.807) is 33.7 Å². The zero-order valence-corrected chi connectivity index (χ0v) is 17.5. The number of sulfone groups is 1. The Hall–Kier alpha value is -3.44. The number of hydrogen-bond acceptors (Lipinski definition) is 5. The molecule has 2 aromatic carbocycles. The Kier molecular flexibility index (Phi) is 6.33. The first-order valence-electron chi connectivity index (χ1n) is 9.30. The molecule has 0 saturated heterocycles. The van der Waals surface area contributed by atoms with E-state index in [0.717, 1.165) is 11.8 Å². The first kappa shape index (κ1) is 21.3. The summed E-state index contributed by atoms with van der Waals surface area (Å²) in [6, 6.07) is 16.4. The number of nitriles is 1. The molecule has 0 aliphatic rings. The predicted octanol–water partition coefficient (Wildman–Crippen LogP) is 2.67. The van der Waals surface area contributed by atoms with Gasteiger partial charge in [0.05, 0.1) is 22.7 Å². The van der Waals surface area contributed by atoms with Gasteiger partial charge in [0.1, 0.15) is 18.1 Å². The summed E-state index contributed by atoms with van der Waals surface area (Å²) < 4.78 is 25.4. The van der Waals surface area contributed by atoms with Crippen molar-refractivity contribution in [2.24, 2.45) is 0 Å². The first-order chi connectivity index (χ1) is 14.3. The van der Waals surface area contributed by atoms with E-state index >= 15 is 0 Å². The second-order valence-electron chi connectivity index (χ2n) is 7.04. The molecule has 8 heteroatoms. The number of hydrogen-bond donors (Lipinski definition) is 0. The van der Waals surface area contributed by atoms with Crippen LogP contribution in [-0.4, -0.2) is 41.6 Å². The van der Waals surface area contributed by atoms with Gasteiger partial charge in [-0.25, -0.2) is 13.4 Å². The highest BCUT2D eigenvalue weighted by atomic mass is 32.2. The van der Waals surface area contributed by atoms with Crippen LogP contribution < -0.4 is 0 Å². The number of aromatic nitrogens is 2. The zero-order valence-electron chi connectivity index (χ0n) is 16.7. The molecular formula is C22H22N4O3S. The van der Waals surface area contributed by atoms with Gasteiger partial charge in [-0.1, -0.05) is 30.3 Å². The molecule has 1 amide bonds. The van der Waals surface area contributed by atoms with E-state index in [1.807, 2.05) is 30.3 Å². The van der Waals surface area contributed by atoms with Crippen LogP contribution in [0.3, 0.4) is 0 Å². The first-order valence-corrected chi connectivity index (χ1v) is 11.4. The quantitative estimate of drug-likeness (QED) is 0.520. The highest BCUT2D eigenvalue weighted by Crippen LogP contribution is 2.18. The largest absolute Gasteiger partial charge is 0.333 e. The lowest BCUT2D eigenvalue weighted by molar-refractivity contribution is -0.131. The normalized spacial score (nSPS) is 11.2. The highest BCUT2D eigenvalue weighted by Gasteiger charge is 2.20. The van der Waals surface area contributed by atoms with Gasteiger partial charge in [0, 0.05) is 19.3 Å². The lowest BCUT2D eigenvalue weighted by Crippen LogP contribution is -2.34. The second-order valence-corrected chi connectivity index (χ2v) is 9.18. The summed E-state index contributed by atoms with van der Waals surface area (Å²) in [5.41, 5.74) is 2.79. The van der Waals surface area contributed by atoms with Crippen LogP contribution in [0.4, 0.5) is 0 Å². The molecular weight excluding hydrogens is 400 g/mol. The maximum atomic E-state index is 13.1. The van der Waals surface area contributed by atoms with Crippen molar-refractivity contribution in [3.63, 3.8) is 0 Å². The Bertz CT molecular complexity index is 1220. The summed E-state index contributed by atoms with van der Waals surface area (Å²) in [6.45, 7) is 4.39. The van der Waals surface area contributed by atoms with Crippen LogP contribution in [0, 0.1) is 11.3 Å². The Morgan fingerprint density at radius 3 is 2.57 bits per heavy atom. The number of carbonyl (C=O) groups excluding carboxylic acids is 1. The predicted molar refractivity (Wildman–Crippen MR) is 115 cm³/mol. The number of nitrogens with zero attached hydrogens (tertiary/aromatic N) is 4. The van der Waals surface area contributed by atoms with Gasteiger partial charge in [0.25, 0.3) is 0 Å². The van der Waals surface area contributed by atoms with Crippen molar-refractivity contribution < 1.29 is 13.2 Å². The zero-order chi connectivity index (χ0) is 21.7. The van der Waals surface area contributed by atoms with Crippen LogP contribution in [0.5, 0.6) is 0 Å². The molecule has 30 heavy (non-hydrogen) atoms. The maximum absolute atomic E-state index is 13.1. The van der Waals surface area contributed by atoms with E-state index < -0.39 is 9.84 Å². The van der Waals surface area contributed by atoms with Crippen molar-refractivity contribution in [3.8, 4) is 6.07 Å². The molecule has 3 aromatic rings. The van der Waals surface area contributed by atoms with Crippen molar-refractivity contribution in [2.45, 2.75) is 18.8 Å². The molecule has 0 unspecified atom stereocenters. The SMILES string of the molecule is C=CCN(Cc1ccc(C#N)cc1)C(=O)Cn1c(CS(C)(=O)=O)nc2ccccc21. The number of amides is 1. The molecule has 7 nitrogen and oxygen atoms in total. The van der Waals surface area contributed by atoms with Crippen molar-refractivity contribution in [1.29, 1.82) is 5.26 Å². The third-order valence-electron chi connectivity index (χ3n) is 4.58. The molecule has 0 N–H and O–H groups in total. The smallest absolute Gasteiger partial charge is 0.243 e. The molecule has 0 spiro atoms. The van der Waals surface area contributed by atoms with Gasteiger partial charge in [-0.2, -0.15) is 5.26 Å². The average Bonchev–Trinajstić information content (AvgIpc) is 3.03. The fourth-order valence-electron chi connectivity index (χ4n) is 3.20. The minimum atomic E-state index is -3.32. The van der Waals surface area contributed by atoms with Gasteiger partial charge >= 0.3 is 0 Å². The van der Waals surface area contributed by atoms with Gasteiger partial charge in [-0.05, 0) is 29.8 Å². The number of carbonyl (C=O) groups is 1. The summed E-state index contributed by atoms with van der Waals surface area (Å²) in [7, 11) is -3.32. The fraction of sp³-hybridized carbons (Fsp3) is 0.227. The number of imidazole rings is 1. The summed E-state index contributed by atoms with van der Waals surface area (Å²) in [5, 5.41) is 8.94. The van der Waals surface area contributed by atoms with Crippen molar-refractivity contribution in [2.75, 3.05) is 12.8 Å². The van der Waals surface area contributed by atoms with Crippen LogP contribution in [0.2, 0.25) is 0 Å². The lowest BCUT2D eigenvalue weighted by atomic mass is 10.1. The molecule has 0 radical (unpaired) electrons. The van der Waals surface area contributed by atoms with E-state index in [0.29, 0.717) is 35.5 Å². The number of para-hydroxylation sites is 2. The summed E-state index contributed by atoms with van der Waals surface area (Å²) >= 11 is 0. The molecule has 0 bridgehead atoms. The van der Waals surface area contributed by atoms with Crippen molar-refractivity contribution >= 4 is 26.8 Å². The van der Waals surface area contributed by atoms with E-state index in [9.17, 15) is 13.2 Å². The number of fused-ring (bicyclic) bond motifs is 1. The lowest BCUT2D eigenvalue weighted by Gasteiger charge is -2.22. The second kappa shape index (κ2) is 8.93. The maximum Gasteiger partial charge on any atom is 0.243 e. The molecule has 0 fully saturated rings. The van der Waals surface area contributed by atoms with Crippen LogP contribution >= 0.6 is 0 Å². The summed E-state index contributed by atoms with van der Waals surface area (Å²) in [6.07, 6.45) is 2.79.